The van der Waals surface area contributed by atoms with Gasteiger partial charge in [-0.05, 0) is 56.5 Å². The van der Waals surface area contributed by atoms with Gasteiger partial charge in [0, 0.05) is 29.9 Å². The summed E-state index contributed by atoms with van der Waals surface area (Å²) in [4.78, 5) is 3.13. The van der Waals surface area contributed by atoms with Gasteiger partial charge in [-0.15, -0.1) is 0 Å². The van der Waals surface area contributed by atoms with E-state index >= 15 is 0 Å². The van der Waals surface area contributed by atoms with Crippen LogP contribution in [0, 0.1) is 6.92 Å². The first-order valence-electron chi connectivity index (χ1n) is 7.56. The number of thiocarbonyl (C=S) groups is 1. The van der Waals surface area contributed by atoms with Gasteiger partial charge in [0.2, 0.25) is 0 Å². The lowest BCUT2D eigenvalue weighted by atomic mass is 9.98. The van der Waals surface area contributed by atoms with Crippen LogP contribution in [0.5, 0.6) is 0 Å². The van der Waals surface area contributed by atoms with Gasteiger partial charge in [0.05, 0.1) is 0 Å². The molecule has 2 atom stereocenters. The Hall–Kier alpha value is -1.13. The van der Waals surface area contributed by atoms with Gasteiger partial charge in [0.1, 0.15) is 4.99 Å². The van der Waals surface area contributed by atoms with Crippen LogP contribution in [0.1, 0.15) is 36.8 Å². The molecule has 0 aliphatic carbocycles. The van der Waals surface area contributed by atoms with Crippen molar-refractivity contribution in [3.63, 3.8) is 0 Å². The van der Waals surface area contributed by atoms with Gasteiger partial charge in [-0.3, -0.25) is 4.90 Å². The Kier molecular flexibility index (Phi) is 3.94. The zero-order chi connectivity index (χ0) is 14.1. The van der Waals surface area contributed by atoms with E-state index in [-0.39, 0.29) is 0 Å². The highest BCUT2D eigenvalue weighted by Gasteiger charge is 2.35. The molecule has 0 spiro atoms. The molecule has 3 rings (SSSR count). The molecular formula is C16H23N3S. The van der Waals surface area contributed by atoms with Gasteiger partial charge in [0.15, 0.2) is 0 Å². The molecule has 1 aromatic carbocycles. The lowest BCUT2D eigenvalue weighted by Crippen LogP contribution is -2.41. The molecule has 0 radical (unpaired) electrons. The quantitative estimate of drug-likeness (QED) is 0.840. The SMILES string of the molecule is Cc1cc(NC2CCN3CCCCC23)ccc1C(N)=S. The molecule has 2 fully saturated rings. The van der Waals surface area contributed by atoms with Crippen molar-refractivity contribution in [3.8, 4) is 0 Å². The first-order valence-corrected chi connectivity index (χ1v) is 7.97. The molecule has 2 saturated heterocycles. The minimum Gasteiger partial charge on any atom is -0.389 e. The molecule has 3 N–H and O–H groups in total. The first kappa shape index (κ1) is 13.8. The van der Waals surface area contributed by atoms with Crippen molar-refractivity contribution in [1.82, 2.24) is 4.90 Å². The van der Waals surface area contributed by atoms with Gasteiger partial charge < -0.3 is 11.1 Å². The standard InChI is InChI=1S/C16H23N3S/c1-11-10-12(5-6-13(11)16(17)20)18-14-7-9-19-8-3-2-4-15(14)19/h5-6,10,14-15,18H,2-4,7-9H2,1H3,(H2,17,20). The molecule has 0 aromatic heterocycles. The molecule has 2 aliphatic rings. The largest absolute Gasteiger partial charge is 0.389 e. The second-order valence-corrected chi connectivity index (χ2v) is 6.47. The average Bonchev–Trinajstić information content (AvgIpc) is 2.82. The number of piperidine rings is 1. The van der Waals surface area contributed by atoms with Crippen LogP contribution in [-0.2, 0) is 0 Å². The third-order valence-electron chi connectivity index (χ3n) is 4.70. The normalized spacial score (nSPS) is 26.2. The minimum absolute atomic E-state index is 0.480. The predicted molar refractivity (Wildman–Crippen MR) is 88.3 cm³/mol. The van der Waals surface area contributed by atoms with Gasteiger partial charge in [-0.25, -0.2) is 0 Å². The fourth-order valence-electron chi connectivity index (χ4n) is 3.66. The van der Waals surface area contributed by atoms with E-state index in [0.717, 1.165) is 17.2 Å². The van der Waals surface area contributed by atoms with Gasteiger partial charge in [-0.1, -0.05) is 18.6 Å². The fourth-order valence-corrected chi connectivity index (χ4v) is 3.89. The Labute approximate surface area is 126 Å². The number of hydrogen-bond acceptors (Lipinski definition) is 3. The summed E-state index contributed by atoms with van der Waals surface area (Å²) in [6.45, 7) is 4.59. The van der Waals surface area contributed by atoms with Crippen LogP contribution in [0.4, 0.5) is 5.69 Å². The minimum atomic E-state index is 0.480. The molecule has 108 valence electrons. The smallest absolute Gasteiger partial charge is 0.104 e. The first-order chi connectivity index (χ1) is 9.65. The van der Waals surface area contributed by atoms with E-state index in [2.05, 4.69) is 29.3 Å². The summed E-state index contributed by atoms with van der Waals surface area (Å²) < 4.78 is 0. The molecule has 2 unspecified atom stereocenters. The van der Waals surface area contributed by atoms with Crippen LogP contribution in [0.25, 0.3) is 0 Å². The fraction of sp³-hybridized carbons (Fsp3) is 0.562. The number of hydrogen-bond donors (Lipinski definition) is 2. The van der Waals surface area contributed by atoms with Gasteiger partial charge in [-0.2, -0.15) is 0 Å². The molecule has 2 aliphatic heterocycles. The number of anilines is 1. The van der Waals surface area contributed by atoms with Crippen molar-refractivity contribution >= 4 is 22.9 Å². The Morgan fingerprint density at radius 3 is 2.90 bits per heavy atom. The number of fused-ring (bicyclic) bond motifs is 1. The van der Waals surface area contributed by atoms with Crippen LogP contribution < -0.4 is 11.1 Å². The van der Waals surface area contributed by atoms with Crippen molar-refractivity contribution in [2.24, 2.45) is 5.73 Å². The summed E-state index contributed by atoms with van der Waals surface area (Å²) in [5.74, 6) is 0. The second-order valence-electron chi connectivity index (χ2n) is 6.03. The number of aryl methyl sites for hydroxylation is 1. The van der Waals surface area contributed by atoms with Gasteiger partial charge in [0.25, 0.3) is 0 Å². The monoisotopic (exact) mass is 289 g/mol. The summed E-state index contributed by atoms with van der Waals surface area (Å²) in [6.07, 6.45) is 5.33. The highest BCUT2D eigenvalue weighted by atomic mass is 32.1. The maximum atomic E-state index is 5.72. The van der Waals surface area contributed by atoms with E-state index in [1.54, 1.807) is 0 Å². The van der Waals surface area contributed by atoms with Crippen molar-refractivity contribution < 1.29 is 0 Å². The summed E-state index contributed by atoms with van der Waals surface area (Å²) in [5.41, 5.74) is 9.05. The lowest BCUT2D eigenvalue weighted by Gasteiger charge is -2.33. The zero-order valence-electron chi connectivity index (χ0n) is 12.1. The van der Waals surface area contributed by atoms with Crippen molar-refractivity contribution in [2.45, 2.75) is 44.7 Å². The van der Waals surface area contributed by atoms with Crippen LogP contribution in [0.2, 0.25) is 0 Å². The molecule has 0 bridgehead atoms. The van der Waals surface area contributed by atoms with Crippen LogP contribution in [-0.4, -0.2) is 35.1 Å². The number of nitrogens with two attached hydrogens (primary N) is 1. The van der Waals surface area contributed by atoms with Crippen LogP contribution in [0.3, 0.4) is 0 Å². The van der Waals surface area contributed by atoms with Gasteiger partial charge >= 0.3 is 0 Å². The average molecular weight is 289 g/mol. The van der Waals surface area contributed by atoms with Crippen molar-refractivity contribution in [3.05, 3.63) is 29.3 Å². The molecule has 0 amide bonds. The number of nitrogens with zero attached hydrogens (tertiary/aromatic N) is 1. The zero-order valence-corrected chi connectivity index (χ0v) is 12.9. The topological polar surface area (TPSA) is 41.3 Å². The number of nitrogens with one attached hydrogen (secondary N) is 1. The Morgan fingerprint density at radius 1 is 1.30 bits per heavy atom. The highest BCUT2D eigenvalue weighted by Crippen LogP contribution is 2.29. The molecule has 2 heterocycles. The molecule has 0 saturated carbocycles. The molecular weight excluding hydrogens is 266 g/mol. The van der Waals surface area contributed by atoms with E-state index in [0.29, 0.717) is 11.0 Å². The summed E-state index contributed by atoms with van der Waals surface area (Å²) >= 11 is 5.06. The third kappa shape index (κ3) is 2.67. The highest BCUT2D eigenvalue weighted by molar-refractivity contribution is 7.80. The Balaban J connectivity index is 1.72. The second kappa shape index (κ2) is 5.70. The van der Waals surface area contributed by atoms with E-state index in [1.165, 1.54) is 44.5 Å². The predicted octanol–water partition coefficient (Wildman–Crippen LogP) is 2.67. The van der Waals surface area contributed by atoms with E-state index in [4.69, 9.17) is 18.0 Å². The van der Waals surface area contributed by atoms with Crippen molar-refractivity contribution in [2.75, 3.05) is 18.4 Å². The Bertz CT molecular complexity index is 514. The molecule has 20 heavy (non-hydrogen) atoms. The summed E-state index contributed by atoms with van der Waals surface area (Å²) in [6, 6.07) is 7.62. The maximum Gasteiger partial charge on any atom is 0.104 e. The number of rotatable bonds is 3. The van der Waals surface area contributed by atoms with E-state index < -0.39 is 0 Å². The van der Waals surface area contributed by atoms with E-state index in [1.807, 2.05) is 6.07 Å². The van der Waals surface area contributed by atoms with E-state index in [9.17, 15) is 0 Å². The Morgan fingerprint density at radius 2 is 2.15 bits per heavy atom. The number of benzene rings is 1. The molecule has 3 nitrogen and oxygen atoms in total. The summed E-state index contributed by atoms with van der Waals surface area (Å²) in [5, 5.41) is 3.72. The summed E-state index contributed by atoms with van der Waals surface area (Å²) in [7, 11) is 0. The third-order valence-corrected chi connectivity index (χ3v) is 4.92. The lowest BCUT2D eigenvalue weighted by molar-refractivity contribution is 0.193. The van der Waals surface area contributed by atoms with Crippen molar-refractivity contribution in [1.29, 1.82) is 0 Å². The maximum absolute atomic E-state index is 5.72. The van der Waals surface area contributed by atoms with Crippen LogP contribution >= 0.6 is 12.2 Å². The molecule has 1 aromatic rings. The molecule has 4 heteroatoms. The van der Waals surface area contributed by atoms with Crippen LogP contribution in [0.15, 0.2) is 18.2 Å².